The molecular formula is C26H8Cl8N2O4. The van der Waals surface area contributed by atoms with Gasteiger partial charge in [0.1, 0.15) is 0 Å². The number of carbonyl (C=O) groups excluding carboxylic acids is 4. The van der Waals surface area contributed by atoms with Gasteiger partial charge in [-0.25, -0.2) is 4.90 Å². The number of hydrogen-bond acceptors (Lipinski definition) is 5. The second-order valence-electron chi connectivity index (χ2n) is 8.28. The monoisotopic (exact) mass is 692 g/mol. The molecule has 14 heteroatoms. The van der Waals surface area contributed by atoms with Crippen molar-refractivity contribution in [3.63, 3.8) is 0 Å². The van der Waals surface area contributed by atoms with Crippen LogP contribution in [0.25, 0.3) is 6.08 Å². The van der Waals surface area contributed by atoms with Gasteiger partial charge in [-0.2, -0.15) is 0 Å². The largest absolute Gasteiger partial charge is 0.353 e. The Hall–Kier alpha value is -2.26. The van der Waals surface area contributed by atoms with Gasteiger partial charge in [-0.3, -0.25) is 19.2 Å². The van der Waals surface area contributed by atoms with Crippen LogP contribution in [0.3, 0.4) is 0 Å². The van der Waals surface area contributed by atoms with E-state index in [0.717, 1.165) is 4.90 Å². The van der Waals surface area contributed by atoms with Crippen LogP contribution < -0.4 is 10.2 Å². The Morgan fingerprint density at radius 1 is 0.750 bits per heavy atom. The molecule has 202 valence electrons. The molecule has 0 fully saturated rings. The normalized spacial score (nSPS) is 13.8. The number of halogens is 8. The van der Waals surface area contributed by atoms with E-state index in [0.29, 0.717) is 5.56 Å². The van der Waals surface area contributed by atoms with Crippen molar-refractivity contribution in [3.8, 4) is 0 Å². The summed E-state index contributed by atoms with van der Waals surface area (Å²) in [6.45, 7) is 0. The topological polar surface area (TPSA) is 83.6 Å². The minimum Gasteiger partial charge on any atom is -0.353 e. The molecule has 0 bridgehead atoms. The fourth-order valence-corrected chi connectivity index (χ4v) is 6.16. The van der Waals surface area contributed by atoms with Crippen molar-refractivity contribution in [2.24, 2.45) is 0 Å². The summed E-state index contributed by atoms with van der Waals surface area (Å²) in [6.07, 6.45) is 3.33. The first kappa shape index (κ1) is 29.2. The highest BCUT2D eigenvalue weighted by Crippen LogP contribution is 2.47. The van der Waals surface area contributed by atoms with Crippen LogP contribution in [0, 0.1) is 0 Å². The van der Waals surface area contributed by atoms with Crippen molar-refractivity contribution in [1.29, 1.82) is 0 Å². The Balaban J connectivity index is 1.62. The fourth-order valence-electron chi connectivity index (χ4n) is 4.26. The zero-order chi connectivity index (χ0) is 29.2. The van der Waals surface area contributed by atoms with Gasteiger partial charge in [0.05, 0.1) is 79.5 Å². The number of para-hydroxylation sites is 1. The number of imide groups is 1. The number of benzene rings is 3. The number of fused-ring (bicyclic) bond motifs is 2. The van der Waals surface area contributed by atoms with Gasteiger partial charge < -0.3 is 5.32 Å². The average molecular weight is 696 g/mol. The van der Waals surface area contributed by atoms with Crippen LogP contribution in [-0.2, 0) is 4.79 Å². The summed E-state index contributed by atoms with van der Waals surface area (Å²) in [7, 11) is 0. The van der Waals surface area contributed by atoms with Crippen LogP contribution in [0.5, 0.6) is 0 Å². The summed E-state index contributed by atoms with van der Waals surface area (Å²) in [5.74, 6) is -2.35. The molecule has 3 aromatic rings. The number of amides is 2. The predicted molar refractivity (Wildman–Crippen MR) is 161 cm³/mol. The maximum atomic E-state index is 13.5. The van der Waals surface area contributed by atoms with Crippen LogP contribution in [-0.4, -0.2) is 23.9 Å². The molecule has 1 aliphatic carbocycles. The molecule has 0 atom stereocenters. The van der Waals surface area contributed by atoms with Crippen LogP contribution in [0.15, 0.2) is 41.6 Å². The molecule has 0 saturated heterocycles. The van der Waals surface area contributed by atoms with Crippen molar-refractivity contribution >= 4 is 134 Å². The van der Waals surface area contributed by atoms with Gasteiger partial charge in [-0.05, 0) is 18.2 Å². The van der Waals surface area contributed by atoms with Gasteiger partial charge in [-0.1, -0.05) is 111 Å². The zero-order valence-corrected chi connectivity index (χ0v) is 25.2. The fraction of sp³-hybridized carbons (Fsp3) is 0. The lowest BCUT2D eigenvalue weighted by Gasteiger charge is -2.25. The number of nitrogens with zero attached hydrogens (tertiary/aromatic N) is 1. The SMILES string of the molecule is O=CN(C(=O)c1cc(Cl)c(Cl)c(Cl)c1Cl)c1cccc2c1NC(=C1C(=O)c3c(Cl)c(Cl)c(Cl)c(Cl)c3C1=O)C=C2. The molecule has 0 spiro atoms. The Kier molecular flexibility index (Phi) is 7.94. The van der Waals surface area contributed by atoms with Gasteiger partial charge in [0.25, 0.3) is 5.91 Å². The van der Waals surface area contributed by atoms with Crippen LogP contribution >= 0.6 is 92.8 Å². The summed E-state index contributed by atoms with van der Waals surface area (Å²) in [5.41, 5.74) is 0.0208. The number of anilines is 2. The summed E-state index contributed by atoms with van der Waals surface area (Å²) >= 11 is 49.2. The first-order valence-electron chi connectivity index (χ1n) is 10.8. The van der Waals surface area contributed by atoms with Crippen LogP contribution in [0.4, 0.5) is 11.4 Å². The first-order chi connectivity index (χ1) is 18.9. The van der Waals surface area contributed by atoms with Crippen molar-refractivity contribution in [1.82, 2.24) is 0 Å². The number of allylic oxidation sites excluding steroid dienone is 2. The molecule has 1 N–H and O–H groups in total. The Morgan fingerprint density at radius 3 is 1.90 bits per heavy atom. The smallest absolute Gasteiger partial charge is 0.266 e. The van der Waals surface area contributed by atoms with Crippen molar-refractivity contribution in [2.75, 3.05) is 10.2 Å². The molecule has 1 heterocycles. The Bertz CT molecular complexity index is 1750. The number of carbonyl (C=O) groups is 4. The molecule has 2 amide bonds. The molecule has 0 aromatic heterocycles. The van der Waals surface area contributed by atoms with Gasteiger partial charge in [0.15, 0.2) is 0 Å². The maximum absolute atomic E-state index is 13.5. The van der Waals surface area contributed by atoms with Gasteiger partial charge in [-0.15, -0.1) is 0 Å². The molecule has 0 saturated carbocycles. The van der Waals surface area contributed by atoms with E-state index in [1.165, 1.54) is 18.2 Å². The van der Waals surface area contributed by atoms with Crippen LogP contribution in [0.1, 0.15) is 36.6 Å². The summed E-state index contributed by atoms with van der Waals surface area (Å²) in [5, 5.41) is 1.74. The van der Waals surface area contributed by atoms with E-state index < -0.39 is 17.5 Å². The summed E-state index contributed by atoms with van der Waals surface area (Å²) in [6, 6.07) is 5.92. The van der Waals surface area contributed by atoms with Crippen molar-refractivity contribution < 1.29 is 19.2 Å². The Morgan fingerprint density at radius 2 is 1.32 bits per heavy atom. The van der Waals surface area contributed by atoms with Crippen molar-refractivity contribution in [3.05, 3.63) is 104 Å². The second-order valence-corrected chi connectivity index (χ2v) is 11.3. The lowest BCUT2D eigenvalue weighted by atomic mass is 10.0. The first-order valence-corrected chi connectivity index (χ1v) is 13.8. The number of Topliss-reactive ketones (excluding diaryl/α,β-unsaturated/α-hetero) is 2. The standard InChI is InChI=1S/C26H8Cl8N2O4/c27-10-6-9(16(28)20(32)17(10)29)26(40)36(7-37)12-3-1-2-8-4-5-11(35-23(8)12)13-24(38)14-15(25(13)39)19(31)22(34)21(33)18(14)30/h1-7,35H. The molecule has 6 nitrogen and oxygen atoms in total. The third-order valence-corrected chi connectivity index (χ3v) is 9.68. The van der Waals surface area contributed by atoms with Gasteiger partial charge in [0, 0.05) is 5.56 Å². The highest BCUT2D eigenvalue weighted by atomic mass is 35.5. The predicted octanol–water partition coefficient (Wildman–Crippen LogP) is 9.49. The maximum Gasteiger partial charge on any atom is 0.266 e. The van der Waals surface area contributed by atoms with Gasteiger partial charge >= 0.3 is 0 Å². The van der Waals surface area contributed by atoms with Gasteiger partial charge in [0.2, 0.25) is 18.0 Å². The molecule has 3 aromatic carbocycles. The van der Waals surface area contributed by atoms with E-state index in [1.807, 2.05) is 0 Å². The zero-order valence-electron chi connectivity index (χ0n) is 19.1. The third-order valence-electron chi connectivity index (χ3n) is 6.13. The Labute approximate surface area is 265 Å². The summed E-state index contributed by atoms with van der Waals surface area (Å²) in [4.78, 5) is 53.2. The lowest BCUT2D eigenvalue weighted by molar-refractivity contribution is -0.106. The molecule has 1 aliphatic heterocycles. The lowest BCUT2D eigenvalue weighted by Crippen LogP contribution is -2.31. The highest BCUT2D eigenvalue weighted by molar-refractivity contribution is 6.58. The molecule has 40 heavy (non-hydrogen) atoms. The molecule has 5 rings (SSSR count). The highest BCUT2D eigenvalue weighted by Gasteiger charge is 2.41. The average Bonchev–Trinajstić information content (AvgIpc) is 3.21. The molecule has 0 unspecified atom stereocenters. The van der Waals surface area contributed by atoms with E-state index in [1.54, 1.807) is 18.2 Å². The molecule has 2 aliphatic rings. The summed E-state index contributed by atoms with van der Waals surface area (Å²) < 4.78 is 0. The third kappa shape index (κ3) is 4.42. The van der Waals surface area contributed by atoms with E-state index in [2.05, 4.69) is 5.32 Å². The number of ketones is 2. The van der Waals surface area contributed by atoms with Crippen LogP contribution in [0.2, 0.25) is 40.2 Å². The minimum atomic E-state index is -0.873. The van der Waals surface area contributed by atoms with E-state index in [-0.39, 0.29) is 85.9 Å². The minimum absolute atomic E-state index is 0.0520. The molecule has 0 radical (unpaired) electrons. The number of nitrogens with one attached hydrogen (secondary N) is 1. The molecular weight excluding hydrogens is 688 g/mol. The van der Waals surface area contributed by atoms with E-state index in [9.17, 15) is 19.2 Å². The van der Waals surface area contributed by atoms with Crippen molar-refractivity contribution in [2.45, 2.75) is 0 Å². The number of rotatable bonds is 3. The second kappa shape index (κ2) is 10.9. The number of hydrogen-bond donors (Lipinski definition) is 1. The quantitative estimate of drug-likeness (QED) is 0.0971. The van der Waals surface area contributed by atoms with E-state index >= 15 is 0 Å². The van der Waals surface area contributed by atoms with E-state index in [4.69, 9.17) is 92.8 Å².